The van der Waals surface area contributed by atoms with Crippen LogP contribution in [0.3, 0.4) is 0 Å². The number of thiol groups is 1. The molecule has 25 heavy (non-hydrogen) atoms. The maximum atomic E-state index is 12.9. The van der Waals surface area contributed by atoms with E-state index in [1.165, 1.54) is 0 Å². The summed E-state index contributed by atoms with van der Waals surface area (Å²) in [6, 6.07) is 7.42. The minimum atomic E-state index is -1.19. The first-order valence-corrected chi connectivity index (χ1v) is 10.3. The highest BCUT2D eigenvalue weighted by Crippen LogP contribution is 2.17. The molecular formula is C17H28N2O4S2. The molecule has 1 saturated heterocycles. The fourth-order valence-electron chi connectivity index (χ4n) is 2.51. The smallest absolute Gasteiger partial charge is 0.127 e. The fraction of sp³-hybridized carbons (Fsp3) is 0.647. The quantitative estimate of drug-likeness (QED) is 0.457. The molecule has 142 valence electrons. The van der Waals surface area contributed by atoms with Gasteiger partial charge in [-0.3, -0.25) is 4.90 Å². The number of hydrogen-bond acceptors (Lipinski definition) is 6. The number of rotatable bonds is 11. The maximum Gasteiger partial charge on any atom is 0.127 e. The third-order valence-corrected chi connectivity index (χ3v) is 5.64. The van der Waals surface area contributed by atoms with Gasteiger partial charge >= 0.3 is 0 Å². The first-order valence-electron chi connectivity index (χ1n) is 8.54. The van der Waals surface area contributed by atoms with Crippen molar-refractivity contribution < 1.29 is 18.4 Å². The van der Waals surface area contributed by atoms with Gasteiger partial charge in [0.2, 0.25) is 0 Å². The summed E-state index contributed by atoms with van der Waals surface area (Å²) >= 11 is 4.31. The first-order chi connectivity index (χ1) is 12.2. The first kappa shape index (κ1) is 20.7. The van der Waals surface area contributed by atoms with Gasteiger partial charge < -0.3 is 14.2 Å². The maximum absolute atomic E-state index is 12.9. The van der Waals surface area contributed by atoms with Crippen molar-refractivity contribution in [1.82, 2.24) is 9.21 Å². The van der Waals surface area contributed by atoms with Crippen molar-refractivity contribution in [3.05, 3.63) is 24.3 Å². The molecule has 1 heterocycles. The van der Waals surface area contributed by atoms with Crippen LogP contribution >= 0.6 is 12.6 Å². The second-order valence-corrected chi connectivity index (χ2v) is 7.60. The van der Waals surface area contributed by atoms with Crippen LogP contribution in [0.5, 0.6) is 5.75 Å². The van der Waals surface area contributed by atoms with E-state index in [-0.39, 0.29) is 0 Å². The minimum Gasteiger partial charge on any atom is -0.491 e. The lowest BCUT2D eigenvalue weighted by atomic mass is 10.3. The Morgan fingerprint density at radius 2 is 1.92 bits per heavy atom. The van der Waals surface area contributed by atoms with Gasteiger partial charge in [0.15, 0.2) is 0 Å². The van der Waals surface area contributed by atoms with Gasteiger partial charge in [-0.25, -0.2) is 8.51 Å². The second-order valence-electron chi connectivity index (χ2n) is 5.67. The molecule has 2 rings (SSSR count). The molecule has 1 aliphatic heterocycles. The number of nitrogens with zero attached hydrogens (tertiary/aromatic N) is 2. The van der Waals surface area contributed by atoms with E-state index in [4.69, 9.17) is 14.2 Å². The van der Waals surface area contributed by atoms with Gasteiger partial charge in [0.05, 0.1) is 24.7 Å². The highest BCUT2D eigenvalue weighted by molar-refractivity contribution is 7.83. The number of ether oxygens (including phenoxy) is 3. The number of hydrogen-bond donors (Lipinski definition) is 1. The van der Waals surface area contributed by atoms with Crippen molar-refractivity contribution >= 4 is 23.6 Å². The number of methoxy groups -OCH3 is 1. The second kappa shape index (κ2) is 11.9. The van der Waals surface area contributed by atoms with Crippen molar-refractivity contribution in [1.29, 1.82) is 0 Å². The molecule has 0 saturated carbocycles. The minimum absolute atomic E-state index is 0.504. The fourth-order valence-corrected chi connectivity index (χ4v) is 4.06. The molecule has 1 unspecified atom stereocenters. The Kier molecular flexibility index (Phi) is 9.82. The third kappa shape index (κ3) is 7.24. The molecule has 6 nitrogen and oxygen atoms in total. The summed E-state index contributed by atoms with van der Waals surface area (Å²) in [5, 5.41) is 0. The molecular weight excluding hydrogens is 360 g/mol. The third-order valence-electron chi connectivity index (χ3n) is 3.93. The van der Waals surface area contributed by atoms with Crippen LogP contribution in [0.25, 0.3) is 0 Å². The van der Waals surface area contributed by atoms with Gasteiger partial charge in [-0.2, -0.15) is 12.6 Å². The van der Waals surface area contributed by atoms with E-state index in [1.807, 2.05) is 28.6 Å². The molecule has 0 N–H and O–H groups in total. The Morgan fingerprint density at radius 3 is 2.56 bits per heavy atom. The Labute approximate surface area is 158 Å². The largest absolute Gasteiger partial charge is 0.491 e. The Bertz CT molecular complexity index is 510. The van der Waals surface area contributed by atoms with Crippen LogP contribution in [0.2, 0.25) is 0 Å². The predicted octanol–water partition coefficient (Wildman–Crippen LogP) is 1.30. The highest BCUT2D eigenvalue weighted by Gasteiger charge is 2.17. The van der Waals surface area contributed by atoms with Crippen molar-refractivity contribution in [3.63, 3.8) is 0 Å². The molecule has 8 heteroatoms. The van der Waals surface area contributed by atoms with Crippen molar-refractivity contribution in [3.8, 4) is 5.75 Å². The topological polar surface area (TPSA) is 51.2 Å². The van der Waals surface area contributed by atoms with Crippen LogP contribution in [-0.4, -0.2) is 85.4 Å². The summed E-state index contributed by atoms with van der Waals surface area (Å²) < 4.78 is 30.7. The summed E-state index contributed by atoms with van der Waals surface area (Å²) in [6.45, 7) is 6.81. The van der Waals surface area contributed by atoms with Crippen molar-refractivity contribution in [2.45, 2.75) is 4.90 Å². The van der Waals surface area contributed by atoms with Crippen molar-refractivity contribution in [2.24, 2.45) is 0 Å². The zero-order valence-electron chi connectivity index (χ0n) is 14.8. The van der Waals surface area contributed by atoms with Crippen LogP contribution < -0.4 is 4.74 Å². The van der Waals surface area contributed by atoms with E-state index < -0.39 is 11.0 Å². The molecule has 1 fully saturated rings. The van der Waals surface area contributed by atoms with Crippen LogP contribution in [0.15, 0.2) is 29.2 Å². The van der Waals surface area contributed by atoms with Crippen LogP contribution in [0.1, 0.15) is 0 Å². The Morgan fingerprint density at radius 1 is 1.20 bits per heavy atom. The number of benzene rings is 1. The molecule has 0 bridgehead atoms. The van der Waals surface area contributed by atoms with E-state index in [0.717, 1.165) is 50.0 Å². The monoisotopic (exact) mass is 388 g/mol. The van der Waals surface area contributed by atoms with E-state index in [2.05, 4.69) is 17.5 Å². The van der Waals surface area contributed by atoms with Gasteiger partial charge in [-0.05, 0) is 24.3 Å². The van der Waals surface area contributed by atoms with Crippen LogP contribution in [0, 0.1) is 0 Å². The van der Waals surface area contributed by atoms with E-state index in [9.17, 15) is 4.21 Å². The zero-order valence-corrected chi connectivity index (χ0v) is 16.5. The summed E-state index contributed by atoms with van der Waals surface area (Å²) in [5.41, 5.74) is 0. The van der Waals surface area contributed by atoms with Gasteiger partial charge in [0.1, 0.15) is 23.3 Å². The molecule has 1 aromatic rings. The molecule has 0 aliphatic carbocycles. The predicted molar refractivity (Wildman–Crippen MR) is 103 cm³/mol. The van der Waals surface area contributed by atoms with E-state index in [0.29, 0.717) is 25.5 Å². The van der Waals surface area contributed by atoms with E-state index >= 15 is 0 Å². The normalized spacial score (nSPS) is 16.9. The Hall–Kier alpha value is -0.640. The van der Waals surface area contributed by atoms with Crippen LogP contribution in [-0.2, 0) is 20.5 Å². The van der Waals surface area contributed by atoms with E-state index in [1.54, 1.807) is 7.11 Å². The zero-order chi connectivity index (χ0) is 17.9. The highest BCUT2D eigenvalue weighted by atomic mass is 32.2. The lowest BCUT2D eigenvalue weighted by molar-refractivity contribution is 0.0365. The van der Waals surface area contributed by atoms with Crippen LogP contribution in [0.4, 0.5) is 0 Å². The molecule has 1 aliphatic rings. The van der Waals surface area contributed by atoms with Crippen molar-refractivity contribution in [2.75, 3.05) is 72.0 Å². The number of morpholine rings is 1. The SMILES string of the molecule is COCCOc1ccc(S(=O)N(CCS)CCN2CCOCC2)cc1. The summed E-state index contributed by atoms with van der Waals surface area (Å²) in [7, 11) is 0.447. The Balaban J connectivity index is 1.89. The summed E-state index contributed by atoms with van der Waals surface area (Å²) in [5.74, 6) is 1.43. The lowest BCUT2D eigenvalue weighted by Crippen LogP contribution is -2.42. The van der Waals surface area contributed by atoms with Gasteiger partial charge in [0.25, 0.3) is 0 Å². The summed E-state index contributed by atoms with van der Waals surface area (Å²) in [6.07, 6.45) is 0. The standard InChI is InChI=1S/C17H28N2O4S2/c1-21-13-14-23-16-2-4-17(5-3-16)25(20)19(10-15-24)7-6-18-8-11-22-12-9-18/h2-5,24H,6-15H2,1H3. The molecule has 1 atom stereocenters. The molecule has 1 aromatic carbocycles. The average molecular weight is 389 g/mol. The van der Waals surface area contributed by atoms with Gasteiger partial charge in [0, 0.05) is 45.6 Å². The molecule has 0 radical (unpaired) electrons. The average Bonchev–Trinajstić information content (AvgIpc) is 2.66. The molecule has 0 amide bonds. The van der Waals surface area contributed by atoms with Gasteiger partial charge in [-0.15, -0.1) is 0 Å². The molecule has 0 aromatic heterocycles. The molecule has 0 spiro atoms. The van der Waals surface area contributed by atoms with Gasteiger partial charge in [-0.1, -0.05) is 0 Å². The lowest BCUT2D eigenvalue weighted by Gasteiger charge is -2.29. The summed E-state index contributed by atoms with van der Waals surface area (Å²) in [4.78, 5) is 3.13.